The van der Waals surface area contributed by atoms with Gasteiger partial charge >= 0.3 is 0 Å². The number of hydrazone groups is 1. The van der Waals surface area contributed by atoms with E-state index in [0.717, 1.165) is 16.9 Å². The Bertz CT molecular complexity index is 931. The van der Waals surface area contributed by atoms with Crippen molar-refractivity contribution in [3.8, 4) is 22.9 Å². The van der Waals surface area contributed by atoms with Gasteiger partial charge in [0.05, 0.1) is 12.8 Å². The van der Waals surface area contributed by atoms with Gasteiger partial charge in [0.1, 0.15) is 11.5 Å². The third-order valence-corrected chi connectivity index (χ3v) is 3.61. The normalized spacial score (nSPS) is 10.9. The molecule has 3 aromatic rings. The smallest absolute Gasteiger partial charge is 0.216 e. The third-order valence-electron chi connectivity index (χ3n) is 3.34. The number of hydrogen-bond acceptors (Lipinski definition) is 6. The summed E-state index contributed by atoms with van der Waals surface area (Å²) in [4.78, 5) is 0. The highest BCUT2D eigenvalue weighted by Gasteiger charge is 2.08. The molecule has 0 amide bonds. The summed E-state index contributed by atoms with van der Waals surface area (Å²) in [7, 11) is 0. The second-order valence-corrected chi connectivity index (χ2v) is 5.49. The van der Waals surface area contributed by atoms with Gasteiger partial charge in [-0.25, -0.2) is 10.6 Å². The highest BCUT2D eigenvalue weighted by molar-refractivity contribution is 7.71. The standard InChI is InChI=1S/C17H17N5O2S/c1-2-24-15-8-6-13(7-9-15)16-19-20-17(25)22(16)21-18-11-12-4-3-5-14(23)10-12/h3-11,21,23H,2H2,1H3,(H,20,25)/b18-11-. The highest BCUT2D eigenvalue weighted by Crippen LogP contribution is 2.20. The molecule has 0 fully saturated rings. The minimum absolute atomic E-state index is 0.180. The molecule has 0 saturated carbocycles. The molecule has 0 radical (unpaired) electrons. The predicted octanol–water partition coefficient (Wildman–Crippen LogP) is 3.29. The van der Waals surface area contributed by atoms with Gasteiger partial charge in [0.15, 0.2) is 5.82 Å². The first-order valence-corrected chi connectivity index (χ1v) is 8.07. The fourth-order valence-electron chi connectivity index (χ4n) is 2.22. The lowest BCUT2D eigenvalue weighted by atomic mass is 10.2. The van der Waals surface area contributed by atoms with Crippen molar-refractivity contribution in [2.24, 2.45) is 5.10 Å². The molecule has 0 atom stereocenters. The van der Waals surface area contributed by atoms with Crippen molar-refractivity contribution in [2.75, 3.05) is 12.1 Å². The van der Waals surface area contributed by atoms with E-state index < -0.39 is 0 Å². The molecule has 1 heterocycles. The van der Waals surface area contributed by atoms with Crippen LogP contribution in [0.5, 0.6) is 11.5 Å². The van der Waals surface area contributed by atoms with Crippen LogP contribution in [-0.4, -0.2) is 32.8 Å². The maximum absolute atomic E-state index is 9.46. The first-order valence-electron chi connectivity index (χ1n) is 7.66. The van der Waals surface area contributed by atoms with Crippen molar-refractivity contribution in [3.63, 3.8) is 0 Å². The average molecular weight is 355 g/mol. The molecule has 0 aliphatic heterocycles. The van der Waals surface area contributed by atoms with Crippen LogP contribution in [0.25, 0.3) is 11.4 Å². The van der Waals surface area contributed by atoms with E-state index >= 15 is 0 Å². The molecule has 0 bridgehead atoms. The van der Waals surface area contributed by atoms with Gasteiger partial charge in [0, 0.05) is 5.56 Å². The molecule has 8 heteroatoms. The van der Waals surface area contributed by atoms with Gasteiger partial charge in [-0.15, -0.1) is 0 Å². The molecule has 1 aromatic heterocycles. The van der Waals surface area contributed by atoms with Crippen LogP contribution < -0.4 is 10.3 Å². The van der Waals surface area contributed by atoms with Gasteiger partial charge in [-0.1, -0.05) is 12.1 Å². The molecule has 2 aromatic carbocycles. The topological polar surface area (TPSA) is 87.5 Å². The van der Waals surface area contributed by atoms with Crippen LogP contribution >= 0.6 is 12.2 Å². The fourth-order valence-corrected chi connectivity index (χ4v) is 2.39. The number of hydrogen-bond donors (Lipinski definition) is 3. The van der Waals surface area contributed by atoms with E-state index in [9.17, 15) is 5.11 Å². The summed E-state index contributed by atoms with van der Waals surface area (Å²) < 4.78 is 7.39. The van der Waals surface area contributed by atoms with Crippen molar-refractivity contribution in [3.05, 3.63) is 58.9 Å². The number of nitrogens with one attached hydrogen (secondary N) is 2. The minimum Gasteiger partial charge on any atom is -0.508 e. The van der Waals surface area contributed by atoms with E-state index in [2.05, 4.69) is 20.8 Å². The fraction of sp³-hybridized carbons (Fsp3) is 0.118. The molecule has 0 saturated heterocycles. The summed E-state index contributed by atoms with van der Waals surface area (Å²) in [5.41, 5.74) is 4.46. The zero-order valence-corrected chi connectivity index (χ0v) is 14.3. The summed E-state index contributed by atoms with van der Waals surface area (Å²) in [6.45, 7) is 2.55. The summed E-state index contributed by atoms with van der Waals surface area (Å²) in [5, 5.41) is 20.6. The molecular weight excluding hydrogens is 338 g/mol. The molecule has 25 heavy (non-hydrogen) atoms. The third kappa shape index (κ3) is 4.04. The number of phenols is 1. The van der Waals surface area contributed by atoms with Crippen LogP contribution in [0.2, 0.25) is 0 Å². The maximum atomic E-state index is 9.46. The van der Waals surface area contributed by atoms with Crippen molar-refractivity contribution >= 4 is 18.4 Å². The highest BCUT2D eigenvalue weighted by atomic mass is 32.1. The van der Waals surface area contributed by atoms with Crippen molar-refractivity contribution in [1.82, 2.24) is 14.9 Å². The van der Waals surface area contributed by atoms with E-state index in [1.807, 2.05) is 37.3 Å². The summed E-state index contributed by atoms with van der Waals surface area (Å²) >= 11 is 5.23. The van der Waals surface area contributed by atoms with Crippen LogP contribution in [0, 0.1) is 4.77 Å². The lowest BCUT2D eigenvalue weighted by molar-refractivity contribution is 0.340. The van der Waals surface area contributed by atoms with Gasteiger partial charge in [0.25, 0.3) is 0 Å². The molecule has 0 unspecified atom stereocenters. The van der Waals surface area contributed by atoms with E-state index in [-0.39, 0.29) is 5.75 Å². The number of aromatic nitrogens is 3. The van der Waals surface area contributed by atoms with E-state index in [1.165, 1.54) is 0 Å². The zero-order valence-electron chi connectivity index (χ0n) is 13.5. The molecule has 128 valence electrons. The molecule has 0 spiro atoms. The largest absolute Gasteiger partial charge is 0.508 e. The Morgan fingerprint density at radius 3 is 2.84 bits per heavy atom. The van der Waals surface area contributed by atoms with Gasteiger partial charge in [-0.2, -0.15) is 14.9 Å². The van der Waals surface area contributed by atoms with Crippen LogP contribution in [0.3, 0.4) is 0 Å². The summed E-state index contributed by atoms with van der Waals surface area (Å²) in [6, 6.07) is 14.3. The lowest BCUT2D eigenvalue weighted by Gasteiger charge is -2.07. The quantitative estimate of drug-likeness (QED) is 0.359. The number of benzene rings is 2. The number of ether oxygens (including phenoxy) is 1. The Labute approximate surface area is 149 Å². The molecule has 0 aliphatic carbocycles. The Hall–Kier alpha value is -3.13. The van der Waals surface area contributed by atoms with Gasteiger partial charge in [-0.05, 0) is 61.1 Å². The number of H-pyrrole nitrogens is 1. The molecule has 3 N–H and O–H groups in total. The van der Waals surface area contributed by atoms with E-state index in [1.54, 1.807) is 29.1 Å². The number of aromatic amines is 1. The number of nitrogens with zero attached hydrogens (tertiary/aromatic N) is 3. The molecule has 7 nitrogen and oxygen atoms in total. The Kier molecular flexibility index (Phi) is 5.10. The Morgan fingerprint density at radius 1 is 1.32 bits per heavy atom. The Balaban J connectivity index is 1.81. The lowest BCUT2D eigenvalue weighted by Crippen LogP contribution is -2.10. The second kappa shape index (κ2) is 7.63. The van der Waals surface area contributed by atoms with E-state index in [4.69, 9.17) is 17.0 Å². The minimum atomic E-state index is 0.180. The summed E-state index contributed by atoms with van der Waals surface area (Å²) in [6.07, 6.45) is 1.58. The number of phenolic OH excluding ortho intramolecular Hbond substituents is 1. The first kappa shape index (κ1) is 16.7. The van der Waals surface area contributed by atoms with Gasteiger partial charge < -0.3 is 9.84 Å². The second-order valence-electron chi connectivity index (χ2n) is 5.10. The number of rotatable bonds is 6. The summed E-state index contributed by atoms with van der Waals surface area (Å²) in [5.74, 6) is 1.57. The van der Waals surface area contributed by atoms with Crippen LogP contribution in [-0.2, 0) is 0 Å². The number of aromatic hydroxyl groups is 1. The van der Waals surface area contributed by atoms with Crippen LogP contribution in [0.1, 0.15) is 12.5 Å². The van der Waals surface area contributed by atoms with Crippen molar-refractivity contribution in [2.45, 2.75) is 6.92 Å². The first-order chi connectivity index (χ1) is 12.2. The Morgan fingerprint density at radius 2 is 2.12 bits per heavy atom. The molecule has 0 aliphatic rings. The zero-order chi connectivity index (χ0) is 17.6. The maximum Gasteiger partial charge on any atom is 0.216 e. The monoisotopic (exact) mass is 355 g/mol. The van der Waals surface area contributed by atoms with E-state index in [0.29, 0.717) is 17.2 Å². The average Bonchev–Trinajstić information content (AvgIpc) is 2.97. The van der Waals surface area contributed by atoms with Crippen LogP contribution in [0.15, 0.2) is 53.6 Å². The van der Waals surface area contributed by atoms with Crippen molar-refractivity contribution in [1.29, 1.82) is 0 Å². The van der Waals surface area contributed by atoms with Crippen molar-refractivity contribution < 1.29 is 9.84 Å². The molecule has 3 rings (SSSR count). The predicted molar refractivity (Wildman–Crippen MR) is 99.1 cm³/mol. The van der Waals surface area contributed by atoms with Gasteiger partial charge in [-0.3, -0.25) is 0 Å². The van der Waals surface area contributed by atoms with Crippen LogP contribution in [0.4, 0.5) is 0 Å². The SMILES string of the molecule is CCOc1ccc(-c2n[nH]c(=S)n2N/N=C\c2cccc(O)c2)cc1. The molecular formula is C17H17N5O2S. The van der Waals surface area contributed by atoms with Gasteiger partial charge in [0.2, 0.25) is 4.77 Å².